The van der Waals surface area contributed by atoms with Gasteiger partial charge in [0.25, 0.3) is 5.56 Å². The topological polar surface area (TPSA) is 241 Å². The Kier molecular flexibility index (Phi) is 11.3. The maximum Gasteiger partial charge on any atom is 0.415 e. The second-order valence-corrected chi connectivity index (χ2v) is 17.5. The van der Waals surface area contributed by atoms with Gasteiger partial charge in [0.15, 0.2) is 5.82 Å². The van der Waals surface area contributed by atoms with Crippen LogP contribution in [0, 0.1) is 5.92 Å². The van der Waals surface area contributed by atoms with E-state index in [9.17, 15) is 44.7 Å². The number of aromatic nitrogens is 6. The number of benzene rings is 3. The van der Waals surface area contributed by atoms with Crippen LogP contribution in [0.15, 0.2) is 76.4 Å². The summed E-state index contributed by atoms with van der Waals surface area (Å²) in [5, 5.41) is 62.7. The minimum atomic E-state index is -2.48. The number of rotatable bonds is 12. The summed E-state index contributed by atoms with van der Waals surface area (Å²) in [5.74, 6) is -1.06. The van der Waals surface area contributed by atoms with Crippen LogP contribution in [0.4, 0.5) is 4.79 Å². The third-order valence-electron chi connectivity index (χ3n) is 13.5. The molecule has 6 heterocycles. The average Bonchev–Trinajstić information content (AvgIpc) is 4.01. The van der Waals surface area contributed by atoms with E-state index in [0.717, 1.165) is 53.2 Å². The zero-order valence-electron chi connectivity index (χ0n) is 37.0. The Labute approximate surface area is 377 Å². The highest BCUT2D eigenvalue weighted by Gasteiger charge is 2.36. The van der Waals surface area contributed by atoms with Crippen LogP contribution in [-0.4, -0.2) is 79.4 Å². The molecule has 0 aliphatic carbocycles. The van der Waals surface area contributed by atoms with Crippen molar-refractivity contribution in [1.29, 1.82) is 0 Å². The lowest BCUT2D eigenvalue weighted by molar-refractivity contribution is -0.326. The van der Waals surface area contributed by atoms with Crippen molar-refractivity contribution >= 4 is 33.9 Å². The number of nitrogens with one attached hydrogen (secondary N) is 1. The number of carboxylic acid groups (broad SMARTS) is 1. The standard InChI is InChI=1S/C49H51N7O10/c1-5-31-33-20-30(8-9-38(33)50-43-35(31)24-55-40(43)22-37(36(25-57)45(55)60)49(65,6-2)46(61)62)66-48(64)54-16-12-27(13-17-54)11-15-53-18-14-28-19-29(7-10-39(28)53)56-44(51-52-47(56)63)34-21-32(26(3)4)41(58)23-42(34)59/h7-10,14,18-23,26-27,57-59,65H,5-6,11-13,15-17,24-25H2,1-4H3,(H,52,63)(H,61,62)/p-1/t49-/m0/s1. The van der Waals surface area contributed by atoms with Crippen LogP contribution in [0.2, 0.25) is 0 Å². The Morgan fingerprint density at radius 3 is 2.45 bits per heavy atom. The summed E-state index contributed by atoms with van der Waals surface area (Å²) >= 11 is 0. The monoisotopic (exact) mass is 896 g/mol. The van der Waals surface area contributed by atoms with Crippen LogP contribution in [0.1, 0.15) is 87.1 Å². The molecule has 4 aromatic heterocycles. The van der Waals surface area contributed by atoms with Gasteiger partial charge in [0, 0.05) is 64.9 Å². The number of amides is 1. The van der Waals surface area contributed by atoms with E-state index >= 15 is 0 Å². The number of phenolic OH excluding ortho intramolecular Hbond substituents is 2. The maximum atomic E-state index is 13.6. The van der Waals surface area contributed by atoms with E-state index in [1.54, 1.807) is 29.2 Å². The minimum Gasteiger partial charge on any atom is -0.547 e. The van der Waals surface area contributed by atoms with Crippen molar-refractivity contribution in [3.05, 3.63) is 116 Å². The third kappa shape index (κ3) is 7.37. The number of carboxylic acids is 1. The van der Waals surface area contributed by atoms with Gasteiger partial charge in [0.2, 0.25) is 0 Å². The van der Waals surface area contributed by atoms with E-state index in [4.69, 9.17) is 9.72 Å². The molecular formula is C49H50N7O10-. The maximum absolute atomic E-state index is 13.6. The number of aryl methyl sites for hydroxylation is 2. The fraction of sp³-hybridized carbons (Fsp3) is 0.347. The lowest BCUT2D eigenvalue weighted by atomic mass is 9.87. The van der Waals surface area contributed by atoms with Crippen molar-refractivity contribution in [3.8, 4) is 45.7 Å². The van der Waals surface area contributed by atoms with Crippen molar-refractivity contribution in [2.75, 3.05) is 13.1 Å². The van der Waals surface area contributed by atoms with Gasteiger partial charge in [-0.1, -0.05) is 27.7 Å². The summed E-state index contributed by atoms with van der Waals surface area (Å²) in [5.41, 5.74) is 1.51. The van der Waals surface area contributed by atoms with Crippen LogP contribution >= 0.6 is 0 Å². The molecule has 17 heteroatoms. The predicted molar refractivity (Wildman–Crippen MR) is 243 cm³/mol. The number of hydrogen-bond acceptors (Lipinski definition) is 12. The van der Waals surface area contributed by atoms with E-state index in [1.807, 2.05) is 51.2 Å². The number of aliphatic carboxylic acids is 1. The largest absolute Gasteiger partial charge is 0.547 e. The molecule has 7 aromatic rings. The number of pyridine rings is 2. The van der Waals surface area contributed by atoms with E-state index in [0.29, 0.717) is 64.9 Å². The van der Waals surface area contributed by atoms with E-state index in [-0.39, 0.29) is 47.3 Å². The molecule has 0 bridgehead atoms. The molecular weight excluding hydrogens is 847 g/mol. The number of fused-ring (bicyclic) bond motifs is 5. The number of aromatic amines is 1. The number of aliphatic hydroxyl groups is 2. The molecule has 1 amide bonds. The number of carbonyl (C=O) groups excluding carboxylic acids is 2. The van der Waals surface area contributed by atoms with Gasteiger partial charge in [-0.25, -0.2) is 24.2 Å². The molecule has 2 aliphatic rings. The summed E-state index contributed by atoms with van der Waals surface area (Å²) < 4.78 is 10.9. The number of ether oxygens (including phenoxy) is 1. The zero-order chi connectivity index (χ0) is 46.8. The van der Waals surface area contributed by atoms with Crippen LogP contribution in [0.3, 0.4) is 0 Å². The number of likely N-dealkylation sites (tertiary alicyclic amines) is 1. The zero-order valence-corrected chi connectivity index (χ0v) is 37.0. The van der Waals surface area contributed by atoms with Crippen molar-refractivity contribution < 1.29 is 39.9 Å². The number of aliphatic hydroxyl groups excluding tert-OH is 1. The molecule has 1 atom stereocenters. The lowest BCUT2D eigenvalue weighted by Crippen LogP contribution is -2.47. The normalized spacial score (nSPS) is 14.8. The highest BCUT2D eigenvalue weighted by atomic mass is 16.6. The van der Waals surface area contributed by atoms with Crippen LogP contribution in [0.25, 0.3) is 50.3 Å². The first-order chi connectivity index (χ1) is 31.6. The average molecular weight is 897 g/mol. The lowest BCUT2D eigenvalue weighted by Gasteiger charge is -2.31. The smallest absolute Gasteiger partial charge is 0.415 e. The molecule has 0 unspecified atom stereocenters. The van der Waals surface area contributed by atoms with Crippen LogP contribution in [-0.2, 0) is 36.5 Å². The molecule has 17 nitrogen and oxygen atoms in total. The van der Waals surface area contributed by atoms with Crippen LogP contribution in [0.5, 0.6) is 17.2 Å². The van der Waals surface area contributed by atoms with E-state index < -0.39 is 35.5 Å². The van der Waals surface area contributed by atoms with Gasteiger partial charge in [0.1, 0.15) is 22.8 Å². The van der Waals surface area contributed by atoms with Gasteiger partial charge in [-0.05, 0) is 110 Å². The number of phenols is 2. The second kappa shape index (κ2) is 17.0. The molecule has 0 radical (unpaired) electrons. The summed E-state index contributed by atoms with van der Waals surface area (Å²) in [6.07, 6.45) is 4.35. The highest BCUT2D eigenvalue weighted by Crippen LogP contribution is 2.40. The first-order valence-corrected chi connectivity index (χ1v) is 22.2. The SMILES string of the molecule is CCc1c2c(nc3ccc(OC(=O)N4CCC(CCn5ccc6cc(-n7c(-c8cc(C(C)C)c(O)cc8O)n[nH]c7=O)ccc65)CC4)cc13)-c1cc([C@@](O)(CC)C(=O)[O-])c(CO)c(=O)n1C2. The molecule has 342 valence electrons. The van der Waals surface area contributed by atoms with Crippen molar-refractivity contribution in [3.63, 3.8) is 0 Å². The number of nitrogens with zero attached hydrogens (tertiary/aromatic N) is 6. The predicted octanol–water partition coefficient (Wildman–Crippen LogP) is 5.16. The molecule has 1 saturated heterocycles. The van der Waals surface area contributed by atoms with Gasteiger partial charge >= 0.3 is 11.8 Å². The Hall–Kier alpha value is -7.24. The first-order valence-electron chi connectivity index (χ1n) is 22.2. The fourth-order valence-corrected chi connectivity index (χ4v) is 9.73. The van der Waals surface area contributed by atoms with Gasteiger partial charge in [-0.2, -0.15) is 5.10 Å². The summed E-state index contributed by atoms with van der Waals surface area (Å²) in [7, 11) is 0. The number of carbonyl (C=O) groups is 2. The van der Waals surface area contributed by atoms with Gasteiger partial charge < -0.3 is 49.1 Å². The van der Waals surface area contributed by atoms with E-state index in [2.05, 4.69) is 14.8 Å². The van der Waals surface area contributed by atoms with Crippen molar-refractivity contribution in [2.24, 2.45) is 5.92 Å². The molecule has 0 spiro atoms. The van der Waals surface area contributed by atoms with Crippen molar-refractivity contribution in [2.45, 2.75) is 91.0 Å². The molecule has 5 N–H and O–H groups in total. The number of hydrogen-bond donors (Lipinski definition) is 5. The Bertz CT molecular complexity index is 3210. The molecule has 1 fully saturated rings. The minimum absolute atomic E-state index is 0.0271. The Balaban J connectivity index is 0.857. The highest BCUT2D eigenvalue weighted by molar-refractivity contribution is 5.90. The molecule has 3 aromatic carbocycles. The quantitative estimate of drug-likeness (QED) is 0.107. The summed E-state index contributed by atoms with van der Waals surface area (Å²) in [6.45, 7) is 8.46. The fourth-order valence-electron chi connectivity index (χ4n) is 9.73. The van der Waals surface area contributed by atoms with Gasteiger partial charge in [-0.15, -0.1) is 0 Å². The van der Waals surface area contributed by atoms with Gasteiger partial charge in [-0.3, -0.25) is 4.79 Å². The first kappa shape index (κ1) is 44.0. The molecule has 2 aliphatic heterocycles. The third-order valence-corrected chi connectivity index (χ3v) is 13.5. The Morgan fingerprint density at radius 1 is 0.985 bits per heavy atom. The summed E-state index contributed by atoms with van der Waals surface area (Å²) in [4.78, 5) is 58.8. The van der Waals surface area contributed by atoms with Crippen LogP contribution < -0.4 is 21.1 Å². The number of piperidine rings is 1. The molecule has 0 saturated carbocycles. The number of aromatic hydroxyl groups is 2. The summed E-state index contributed by atoms with van der Waals surface area (Å²) in [6, 6.07) is 17.2. The van der Waals surface area contributed by atoms with E-state index in [1.165, 1.54) is 28.2 Å². The number of H-pyrrole nitrogens is 1. The second-order valence-electron chi connectivity index (χ2n) is 17.5. The molecule has 9 rings (SSSR count). The van der Waals surface area contributed by atoms with Crippen molar-refractivity contribution in [1.82, 2.24) is 33.8 Å². The Morgan fingerprint density at radius 2 is 1.76 bits per heavy atom. The van der Waals surface area contributed by atoms with Gasteiger partial charge in [0.05, 0.1) is 47.3 Å². The molecule has 66 heavy (non-hydrogen) atoms.